The number of benzene rings is 3. The molecule has 1 aliphatic carbocycles. The molecule has 2 atom stereocenters. The quantitative estimate of drug-likeness (QED) is 0.427. The van der Waals surface area contributed by atoms with Crippen molar-refractivity contribution >= 4 is 23.5 Å². The van der Waals surface area contributed by atoms with Crippen molar-refractivity contribution < 1.29 is 19.4 Å². The molecule has 5 nitrogen and oxygen atoms in total. The standard InChI is InChI=1S/C25H22ClNO4/c26-16-7-5-6-15(12-16)13-22(27)23(24(28)29)25(30)31-14-21-19-10-3-1-8-17(19)18-9-2-4-11-20(18)21/h1-12,21-23H,13-14,27H2,(H,28,29)/t22-,23+/m1/s1. The lowest BCUT2D eigenvalue weighted by Crippen LogP contribution is -2.43. The fourth-order valence-corrected chi connectivity index (χ4v) is 4.42. The molecule has 3 N–H and O–H groups in total. The molecule has 0 heterocycles. The lowest BCUT2D eigenvalue weighted by Gasteiger charge is -2.21. The van der Waals surface area contributed by atoms with Crippen LogP contribution in [-0.2, 0) is 20.7 Å². The van der Waals surface area contributed by atoms with E-state index in [1.165, 1.54) is 0 Å². The molecule has 0 amide bonds. The summed E-state index contributed by atoms with van der Waals surface area (Å²) >= 11 is 5.99. The number of carboxylic acids is 1. The lowest BCUT2D eigenvalue weighted by molar-refractivity contribution is -0.159. The molecule has 0 bridgehead atoms. The van der Waals surface area contributed by atoms with Gasteiger partial charge in [0.25, 0.3) is 0 Å². The van der Waals surface area contributed by atoms with Crippen LogP contribution in [0, 0.1) is 5.92 Å². The molecule has 0 radical (unpaired) electrons. The predicted octanol–water partition coefficient (Wildman–Crippen LogP) is 4.27. The first-order valence-corrected chi connectivity index (χ1v) is 10.4. The second-order valence-electron chi connectivity index (χ2n) is 7.67. The number of carboxylic acid groups (broad SMARTS) is 1. The zero-order chi connectivity index (χ0) is 22.0. The van der Waals surface area contributed by atoms with E-state index in [4.69, 9.17) is 22.1 Å². The van der Waals surface area contributed by atoms with Crippen LogP contribution in [-0.4, -0.2) is 29.7 Å². The van der Waals surface area contributed by atoms with Crippen LogP contribution >= 0.6 is 11.6 Å². The van der Waals surface area contributed by atoms with E-state index in [0.717, 1.165) is 27.8 Å². The number of aliphatic carboxylic acids is 1. The van der Waals surface area contributed by atoms with Crippen molar-refractivity contribution in [2.75, 3.05) is 6.61 Å². The molecule has 1 aliphatic rings. The molecule has 6 heteroatoms. The summed E-state index contributed by atoms with van der Waals surface area (Å²) in [6, 6.07) is 22.0. The van der Waals surface area contributed by atoms with E-state index in [-0.39, 0.29) is 18.9 Å². The maximum absolute atomic E-state index is 12.8. The van der Waals surface area contributed by atoms with E-state index in [2.05, 4.69) is 0 Å². The number of hydrogen-bond acceptors (Lipinski definition) is 4. The van der Waals surface area contributed by atoms with Crippen LogP contribution < -0.4 is 5.73 Å². The maximum atomic E-state index is 12.8. The first-order chi connectivity index (χ1) is 15.0. The Labute approximate surface area is 185 Å². The van der Waals surface area contributed by atoms with E-state index in [1.807, 2.05) is 48.5 Å². The van der Waals surface area contributed by atoms with Gasteiger partial charge in [-0.05, 0) is 46.4 Å². The van der Waals surface area contributed by atoms with Gasteiger partial charge >= 0.3 is 11.9 Å². The van der Waals surface area contributed by atoms with Crippen LogP contribution in [0.3, 0.4) is 0 Å². The smallest absolute Gasteiger partial charge is 0.321 e. The van der Waals surface area contributed by atoms with Crippen LogP contribution in [0.2, 0.25) is 5.02 Å². The minimum absolute atomic E-state index is 0.0561. The summed E-state index contributed by atoms with van der Waals surface area (Å²) in [5.74, 6) is -3.74. The molecule has 4 rings (SSSR count). The van der Waals surface area contributed by atoms with Gasteiger partial charge in [0.15, 0.2) is 5.92 Å². The van der Waals surface area contributed by atoms with Crippen LogP contribution in [0.25, 0.3) is 11.1 Å². The van der Waals surface area contributed by atoms with Gasteiger partial charge in [0.05, 0.1) is 0 Å². The van der Waals surface area contributed by atoms with Crippen molar-refractivity contribution in [3.8, 4) is 11.1 Å². The second-order valence-corrected chi connectivity index (χ2v) is 8.11. The average Bonchev–Trinajstić information content (AvgIpc) is 3.06. The van der Waals surface area contributed by atoms with Crippen molar-refractivity contribution in [2.24, 2.45) is 11.7 Å². The normalized spacial score (nSPS) is 14.4. The number of fused-ring (bicyclic) bond motifs is 3. The molecule has 0 spiro atoms. The molecule has 158 valence electrons. The number of carbonyl (C=O) groups excluding carboxylic acids is 1. The van der Waals surface area contributed by atoms with E-state index in [9.17, 15) is 14.7 Å². The molecule has 0 saturated carbocycles. The van der Waals surface area contributed by atoms with Crippen molar-refractivity contribution in [3.63, 3.8) is 0 Å². The number of ether oxygens (including phenoxy) is 1. The van der Waals surface area contributed by atoms with E-state index >= 15 is 0 Å². The van der Waals surface area contributed by atoms with Crippen LogP contribution in [0.4, 0.5) is 0 Å². The molecule has 0 unspecified atom stereocenters. The van der Waals surface area contributed by atoms with Gasteiger partial charge in [-0.25, -0.2) is 0 Å². The van der Waals surface area contributed by atoms with Gasteiger partial charge < -0.3 is 15.6 Å². The van der Waals surface area contributed by atoms with Gasteiger partial charge in [-0.15, -0.1) is 0 Å². The number of halogens is 1. The first-order valence-electron chi connectivity index (χ1n) is 10.0. The predicted molar refractivity (Wildman–Crippen MR) is 119 cm³/mol. The summed E-state index contributed by atoms with van der Waals surface area (Å²) in [5.41, 5.74) is 11.2. The Morgan fingerprint density at radius 1 is 0.968 bits per heavy atom. The number of rotatable bonds is 7. The third-order valence-electron chi connectivity index (χ3n) is 5.66. The van der Waals surface area contributed by atoms with Gasteiger partial charge in [-0.3, -0.25) is 9.59 Å². The molecule has 0 aromatic heterocycles. The zero-order valence-corrected chi connectivity index (χ0v) is 17.5. The van der Waals surface area contributed by atoms with Gasteiger partial charge in [-0.1, -0.05) is 72.3 Å². The SMILES string of the molecule is N[C@H](Cc1cccc(Cl)c1)[C@@H](C(=O)O)C(=O)OCC1c2ccccc2-c2ccccc21. The zero-order valence-electron chi connectivity index (χ0n) is 16.7. The van der Waals surface area contributed by atoms with E-state index in [1.54, 1.807) is 24.3 Å². The monoisotopic (exact) mass is 435 g/mol. The van der Waals surface area contributed by atoms with Crippen molar-refractivity contribution in [1.29, 1.82) is 0 Å². The maximum Gasteiger partial charge on any atom is 0.321 e. The highest BCUT2D eigenvalue weighted by Gasteiger charge is 2.36. The summed E-state index contributed by atoms with van der Waals surface area (Å²) in [7, 11) is 0. The largest absolute Gasteiger partial charge is 0.481 e. The molecule has 0 fully saturated rings. The third kappa shape index (κ3) is 4.33. The highest BCUT2D eigenvalue weighted by Crippen LogP contribution is 2.44. The molecule has 31 heavy (non-hydrogen) atoms. The Hall–Kier alpha value is -3.15. The number of nitrogens with two attached hydrogens (primary N) is 1. The number of hydrogen-bond donors (Lipinski definition) is 2. The van der Waals surface area contributed by atoms with Crippen molar-refractivity contribution in [3.05, 3.63) is 94.5 Å². The summed E-state index contributed by atoms with van der Waals surface area (Å²) < 4.78 is 5.52. The molecule has 0 saturated heterocycles. The Kier molecular flexibility index (Phi) is 6.07. The molecular formula is C25H22ClNO4. The summed E-state index contributed by atoms with van der Waals surface area (Å²) in [6.07, 6.45) is 0.196. The highest BCUT2D eigenvalue weighted by atomic mass is 35.5. The first kappa shape index (κ1) is 21.1. The van der Waals surface area contributed by atoms with Crippen LogP contribution in [0.1, 0.15) is 22.6 Å². The van der Waals surface area contributed by atoms with E-state index < -0.39 is 23.9 Å². The van der Waals surface area contributed by atoms with Gasteiger partial charge in [0, 0.05) is 17.0 Å². The molecular weight excluding hydrogens is 414 g/mol. The number of esters is 1. The Morgan fingerprint density at radius 3 is 2.16 bits per heavy atom. The Balaban J connectivity index is 1.49. The van der Waals surface area contributed by atoms with Crippen LogP contribution in [0.5, 0.6) is 0 Å². The minimum atomic E-state index is -1.47. The Morgan fingerprint density at radius 2 is 1.58 bits per heavy atom. The molecule has 3 aromatic rings. The highest BCUT2D eigenvalue weighted by molar-refractivity contribution is 6.30. The fourth-order valence-electron chi connectivity index (χ4n) is 4.21. The third-order valence-corrected chi connectivity index (χ3v) is 5.90. The summed E-state index contributed by atoms with van der Waals surface area (Å²) in [6.45, 7) is 0.0561. The van der Waals surface area contributed by atoms with Gasteiger partial charge in [-0.2, -0.15) is 0 Å². The topological polar surface area (TPSA) is 89.6 Å². The minimum Gasteiger partial charge on any atom is -0.481 e. The van der Waals surface area contributed by atoms with Crippen LogP contribution in [0.15, 0.2) is 72.8 Å². The average molecular weight is 436 g/mol. The molecule has 0 aliphatic heterocycles. The second kappa shape index (κ2) is 8.92. The summed E-state index contributed by atoms with van der Waals surface area (Å²) in [4.78, 5) is 24.6. The van der Waals surface area contributed by atoms with Crippen molar-refractivity contribution in [1.82, 2.24) is 0 Å². The van der Waals surface area contributed by atoms with E-state index in [0.29, 0.717) is 5.02 Å². The molecule has 3 aromatic carbocycles. The fraction of sp³-hybridized carbons (Fsp3) is 0.200. The Bertz CT molecular complexity index is 1080. The summed E-state index contributed by atoms with van der Waals surface area (Å²) in [5, 5.41) is 10.2. The van der Waals surface area contributed by atoms with Crippen molar-refractivity contribution in [2.45, 2.75) is 18.4 Å². The van der Waals surface area contributed by atoms with Gasteiger partial charge in [0.1, 0.15) is 6.61 Å². The number of carbonyl (C=O) groups is 2. The lowest BCUT2D eigenvalue weighted by atomic mass is 9.94. The van der Waals surface area contributed by atoms with Gasteiger partial charge in [0.2, 0.25) is 0 Å².